The van der Waals surface area contributed by atoms with E-state index in [0.29, 0.717) is 44.1 Å². The Morgan fingerprint density at radius 1 is 0.636 bits per heavy atom. The van der Waals surface area contributed by atoms with Crippen LogP contribution in [0, 0.1) is 42.2 Å². The monoisotopic (exact) mass is 1050 g/mol. The molecule has 4 aromatic carbocycles. The molecule has 16 heteroatoms. The van der Waals surface area contributed by atoms with E-state index in [0.717, 1.165) is 98.9 Å². The molecule has 0 amide bonds. The SMILES string of the molecule is COC(=O)C1(Cc2ccc(F)cc2)CCCC(CC(=O)c2ccc3c(c2)c(-c2ccnc(C)c2)nn3C)C1.COC(=O)C1(Cc2ccc(F)cc2)CCCC(N)C1.Cc1cc(-c2nn(C)c3ccc(C(=O)O)cc23)ccn1. The number of halogens is 2. The molecular formula is C61H65F2N7O7. The number of Topliss-reactive ketones (excluding diaryl/α,β-unsaturated/α-hetero) is 1. The van der Waals surface area contributed by atoms with Gasteiger partial charge in [0.05, 0.1) is 41.6 Å². The van der Waals surface area contributed by atoms with Crippen LogP contribution in [0.2, 0.25) is 0 Å². The van der Waals surface area contributed by atoms with Gasteiger partial charge in [-0.1, -0.05) is 37.1 Å². The number of carboxylic acid groups (broad SMARTS) is 1. The zero-order valence-electron chi connectivity index (χ0n) is 44.4. The summed E-state index contributed by atoms with van der Waals surface area (Å²) < 4.78 is 40.2. The molecule has 0 bridgehead atoms. The van der Waals surface area contributed by atoms with Gasteiger partial charge >= 0.3 is 17.9 Å². The lowest BCUT2D eigenvalue weighted by molar-refractivity contribution is -0.156. The quantitative estimate of drug-likeness (QED) is 0.0870. The summed E-state index contributed by atoms with van der Waals surface area (Å²) in [6.45, 7) is 3.86. The van der Waals surface area contributed by atoms with Crippen molar-refractivity contribution < 1.29 is 42.5 Å². The van der Waals surface area contributed by atoms with Crippen molar-refractivity contribution in [2.75, 3.05) is 14.2 Å². The minimum atomic E-state index is -0.937. The minimum Gasteiger partial charge on any atom is -0.478 e. The van der Waals surface area contributed by atoms with Crippen molar-refractivity contribution in [3.8, 4) is 22.5 Å². The summed E-state index contributed by atoms with van der Waals surface area (Å²) in [5.74, 6) is -1.85. The summed E-state index contributed by atoms with van der Waals surface area (Å²) >= 11 is 0. The van der Waals surface area contributed by atoms with Crippen LogP contribution >= 0.6 is 0 Å². The third-order valence-electron chi connectivity index (χ3n) is 15.1. The largest absolute Gasteiger partial charge is 0.478 e. The van der Waals surface area contributed by atoms with Gasteiger partial charge in [0, 0.05) is 77.8 Å². The van der Waals surface area contributed by atoms with Crippen LogP contribution < -0.4 is 5.73 Å². The number of carboxylic acids is 1. The second kappa shape index (κ2) is 23.9. The van der Waals surface area contributed by atoms with E-state index in [-0.39, 0.29) is 46.9 Å². The maximum atomic E-state index is 13.5. The number of carbonyl (C=O) groups is 4. The number of hydrogen-bond donors (Lipinski definition) is 2. The Hall–Kier alpha value is -7.98. The lowest BCUT2D eigenvalue weighted by atomic mass is 9.65. The number of rotatable bonds is 12. The smallest absolute Gasteiger partial charge is 0.335 e. The summed E-state index contributed by atoms with van der Waals surface area (Å²) in [5, 5.41) is 20.1. The highest BCUT2D eigenvalue weighted by molar-refractivity contribution is 6.03. The number of fused-ring (bicyclic) bond motifs is 2. The molecule has 0 aliphatic heterocycles. The molecule has 4 heterocycles. The Kier molecular flexibility index (Phi) is 17.2. The van der Waals surface area contributed by atoms with E-state index in [2.05, 4.69) is 15.1 Å². The maximum absolute atomic E-state index is 13.5. The predicted molar refractivity (Wildman–Crippen MR) is 291 cm³/mol. The van der Waals surface area contributed by atoms with Crippen LogP contribution in [-0.4, -0.2) is 78.6 Å². The van der Waals surface area contributed by atoms with Gasteiger partial charge in [-0.05, 0) is 167 Å². The Morgan fingerprint density at radius 2 is 1.09 bits per heavy atom. The number of nitrogens with zero attached hydrogens (tertiary/aromatic N) is 6. The van der Waals surface area contributed by atoms with Crippen molar-refractivity contribution >= 4 is 45.5 Å². The molecule has 400 valence electrons. The molecule has 4 unspecified atom stereocenters. The number of ether oxygens (including phenoxy) is 2. The van der Waals surface area contributed by atoms with Gasteiger partial charge in [0.2, 0.25) is 0 Å². The zero-order chi connectivity index (χ0) is 55.0. The Labute approximate surface area is 446 Å². The summed E-state index contributed by atoms with van der Waals surface area (Å²) in [6.07, 6.45) is 11.2. The van der Waals surface area contributed by atoms with Gasteiger partial charge < -0.3 is 20.3 Å². The number of ketones is 1. The molecule has 2 aliphatic rings. The van der Waals surface area contributed by atoms with Crippen LogP contribution in [-0.2, 0) is 46.0 Å². The van der Waals surface area contributed by atoms with Gasteiger partial charge in [-0.3, -0.25) is 33.7 Å². The van der Waals surface area contributed by atoms with Gasteiger partial charge in [-0.2, -0.15) is 10.2 Å². The van der Waals surface area contributed by atoms with Gasteiger partial charge in [0.1, 0.15) is 23.0 Å². The minimum absolute atomic E-state index is 0.0355. The van der Waals surface area contributed by atoms with Crippen LogP contribution in [0.15, 0.2) is 122 Å². The number of aromatic carboxylic acids is 1. The second-order valence-electron chi connectivity index (χ2n) is 20.7. The van der Waals surface area contributed by atoms with Crippen molar-refractivity contribution in [3.63, 3.8) is 0 Å². The highest BCUT2D eigenvalue weighted by Crippen LogP contribution is 2.45. The van der Waals surface area contributed by atoms with E-state index in [1.807, 2.05) is 75.1 Å². The first-order valence-corrected chi connectivity index (χ1v) is 25.9. The number of nitrogens with two attached hydrogens (primary N) is 1. The Bertz CT molecular complexity index is 3430. The molecule has 2 fully saturated rings. The van der Waals surface area contributed by atoms with E-state index < -0.39 is 16.8 Å². The molecule has 10 rings (SSSR count). The standard InChI is InChI=1S/C31H32FN3O3.C15H20FNO2.C15H13N3O2/c1-20-15-24(12-14-33-20)29-26-17-23(8-11-27(26)35(2)34-29)28(36)16-22-5-4-13-31(19-22,30(37)38-3)18-21-6-9-25(32)10-7-21;1-19-14(18)15(8-2-3-13(17)10-15)9-11-4-6-12(16)7-5-11;1-9-7-10(5-6-16-9)14-12-8-11(15(19)20)3-4-13(12)18(2)17-14/h6-12,14-15,17,22H,4-5,13,16,18-19H2,1-3H3;4-7,13H,2-3,8-10,17H2,1H3;3-8H,1-2H3,(H,19,20). The molecule has 14 nitrogen and oxygen atoms in total. The lowest BCUT2D eigenvalue weighted by Crippen LogP contribution is -2.43. The van der Waals surface area contributed by atoms with E-state index in [1.54, 1.807) is 59.5 Å². The van der Waals surface area contributed by atoms with E-state index >= 15 is 0 Å². The number of hydrogen-bond acceptors (Lipinski definition) is 11. The lowest BCUT2D eigenvalue weighted by Gasteiger charge is -2.38. The van der Waals surface area contributed by atoms with E-state index in [9.17, 15) is 28.0 Å². The predicted octanol–water partition coefficient (Wildman–Crippen LogP) is 11.3. The van der Waals surface area contributed by atoms with Crippen LogP contribution in [0.5, 0.6) is 0 Å². The van der Waals surface area contributed by atoms with Crippen LogP contribution in [0.1, 0.15) is 101 Å². The van der Waals surface area contributed by atoms with Crippen molar-refractivity contribution in [3.05, 3.63) is 167 Å². The van der Waals surface area contributed by atoms with Crippen molar-refractivity contribution in [2.24, 2.45) is 36.6 Å². The van der Waals surface area contributed by atoms with Gasteiger partial charge in [0.25, 0.3) is 0 Å². The summed E-state index contributed by atoms with van der Waals surface area (Å²) in [5.41, 5.74) is 14.6. The fourth-order valence-corrected chi connectivity index (χ4v) is 11.4. The Balaban J connectivity index is 0.000000169. The molecule has 2 saturated carbocycles. The molecule has 2 aliphatic carbocycles. The van der Waals surface area contributed by atoms with Gasteiger partial charge in [-0.15, -0.1) is 0 Å². The average Bonchev–Trinajstić information content (AvgIpc) is 3.99. The highest BCUT2D eigenvalue weighted by atomic mass is 19.1. The highest BCUT2D eigenvalue weighted by Gasteiger charge is 2.45. The van der Waals surface area contributed by atoms with Crippen molar-refractivity contribution in [1.82, 2.24) is 29.5 Å². The topological polar surface area (TPSA) is 194 Å². The normalized spacial score (nSPS) is 19.1. The van der Waals surface area contributed by atoms with Gasteiger partial charge in [-0.25, -0.2) is 13.6 Å². The van der Waals surface area contributed by atoms with Crippen LogP contribution in [0.3, 0.4) is 0 Å². The molecular weight excluding hydrogens is 981 g/mol. The molecule has 0 saturated heterocycles. The maximum Gasteiger partial charge on any atom is 0.335 e. The first-order chi connectivity index (χ1) is 36.9. The zero-order valence-corrected chi connectivity index (χ0v) is 44.4. The number of benzene rings is 4. The Morgan fingerprint density at radius 3 is 1.55 bits per heavy atom. The van der Waals surface area contributed by atoms with Crippen LogP contribution in [0.4, 0.5) is 8.78 Å². The molecule has 0 spiro atoms. The number of pyridine rings is 2. The molecule has 77 heavy (non-hydrogen) atoms. The van der Waals surface area contributed by atoms with Crippen molar-refractivity contribution in [2.45, 2.75) is 90.5 Å². The van der Waals surface area contributed by atoms with Crippen molar-refractivity contribution in [1.29, 1.82) is 0 Å². The second-order valence-corrected chi connectivity index (χ2v) is 20.7. The number of methoxy groups -OCH3 is 2. The molecule has 3 N–H and O–H groups in total. The fraction of sp³-hybridized carbons (Fsp3) is 0.344. The number of aromatic nitrogens is 6. The molecule has 0 radical (unpaired) electrons. The number of esters is 2. The molecule has 4 aromatic heterocycles. The average molecular weight is 1050 g/mol. The summed E-state index contributed by atoms with van der Waals surface area (Å²) in [4.78, 5) is 58.3. The first-order valence-electron chi connectivity index (χ1n) is 25.9. The number of aryl methyl sites for hydroxylation is 4. The number of carbonyl (C=O) groups excluding carboxylic acids is 3. The third kappa shape index (κ3) is 12.8. The summed E-state index contributed by atoms with van der Waals surface area (Å²) in [7, 11) is 6.57. The van der Waals surface area contributed by atoms with E-state index in [1.165, 1.54) is 38.5 Å². The fourth-order valence-electron chi connectivity index (χ4n) is 11.4. The molecule has 8 aromatic rings. The van der Waals surface area contributed by atoms with E-state index in [4.69, 9.17) is 25.4 Å². The first kappa shape index (κ1) is 55.3. The molecule has 4 atom stereocenters. The van der Waals surface area contributed by atoms with Crippen LogP contribution in [0.25, 0.3) is 44.3 Å². The van der Waals surface area contributed by atoms with Gasteiger partial charge in [0.15, 0.2) is 5.78 Å². The third-order valence-corrected chi connectivity index (χ3v) is 15.1. The summed E-state index contributed by atoms with van der Waals surface area (Å²) in [6, 6.07) is 31.1.